The summed E-state index contributed by atoms with van der Waals surface area (Å²) in [6.07, 6.45) is 5.87. The minimum absolute atomic E-state index is 0.424. The molecule has 0 aliphatic rings. The van der Waals surface area contributed by atoms with E-state index in [2.05, 4.69) is 32.2 Å². The standard InChI is InChI=1S/C18H25NO2/c1-14(2)6-5-7-15(3)12-13-19-18(20)21-17-10-8-16(4)9-11-17/h6,8-12H,5,7,13H2,1-4H3,(H,19,20)/b15-12+. The van der Waals surface area contributed by atoms with Crippen molar-refractivity contribution in [2.24, 2.45) is 0 Å². The molecule has 114 valence electrons. The highest BCUT2D eigenvalue weighted by atomic mass is 16.5. The number of hydrogen-bond acceptors (Lipinski definition) is 2. The van der Waals surface area contributed by atoms with Gasteiger partial charge in [0.25, 0.3) is 0 Å². The molecule has 1 aromatic carbocycles. The molecule has 0 spiro atoms. The average Bonchev–Trinajstić information content (AvgIpc) is 2.41. The number of amides is 1. The second-order valence-electron chi connectivity index (χ2n) is 5.45. The molecule has 0 aliphatic carbocycles. The summed E-state index contributed by atoms with van der Waals surface area (Å²) in [6, 6.07) is 7.40. The van der Waals surface area contributed by atoms with Crippen LogP contribution in [-0.2, 0) is 0 Å². The van der Waals surface area contributed by atoms with Crippen LogP contribution >= 0.6 is 0 Å². The lowest BCUT2D eigenvalue weighted by Gasteiger charge is -2.05. The Hall–Kier alpha value is -2.03. The van der Waals surface area contributed by atoms with Crippen LogP contribution in [0.2, 0.25) is 0 Å². The largest absolute Gasteiger partial charge is 0.412 e. The molecule has 21 heavy (non-hydrogen) atoms. The Labute approximate surface area is 127 Å². The van der Waals surface area contributed by atoms with E-state index in [0.717, 1.165) is 18.4 Å². The van der Waals surface area contributed by atoms with Gasteiger partial charge in [-0.3, -0.25) is 0 Å². The van der Waals surface area contributed by atoms with E-state index in [9.17, 15) is 4.79 Å². The predicted octanol–water partition coefficient (Wildman–Crippen LogP) is 4.78. The summed E-state index contributed by atoms with van der Waals surface area (Å²) < 4.78 is 5.17. The maximum atomic E-state index is 11.6. The van der Waals surface area contributed by atoms with Gasteiger partial charge in [-0.05, 0) is 52.7 Å². The minimum Gasteiger partial charge on any atom is -0.410 e. The van der Waals surface area contributed by atoms with Crippen LogP contribution in [0.4, 0.5) is 4.79 Å². The summed E-state index contributed by atoms with van der Waals surface area (Å²) in [4.78, 5) is 11.6. The van der Waals surface area contributed by atoms with Gasteiger partial charge in [0, 0.05) is 6.54 Å². The van der Waals surface area contributed by atoms with Gasteiger partial charge in [0.1, 0.15) is 5.75 Å². The lowest BCUT2D eigenvalue weighted by molar-refractivity contribution is 0.201. The Morgan fingerprint density at radius 1 is 1.14 bits per heavy atom. The molecule has 1 N–H and O–H groups in total. The fourth-order valence-corrected chi connectivity index (χ4v) is 1.75. The molecule has 0 aliphatic heterocycles. The second-order valence-corrected chi connectivity index (χ2v) is 5.45. The van der Waals surface area contributed by atoms with Gasteiger partial charge in [-0.2, -0.15) is 0 Å². The van der Waals surface area contributed by atoms with Gasteiger partial charge in [-0.25, -0.2) is 4.79 Å². The summed E-state index contributed by atoms with van der Waals surface area (Å²) in [6.45, 7) is 8.76. The quantitative estimate of drug-likeness (QED) is 0.765. The smallest absolute Gasteiger partial charge is 0.410 e. The molecule has 1 aromatic rings. The molecular formula is C18H25NO2. The monoisotopic (exact) mass is 287 g/mol. The number of ether oxygens (including phenoxy) is 1. The number of rotatable bonds is 6. The third-order valence-corrected chi connectivity index (χ3v) is 3.02. The predicted molar refractivity (Wildman–Crippen MR) is 87.6 cm³/mol. The van der Waals surface area contributed by atoms with Crippen LogP contribution in [0.3, 0.4) is 0 Å². The minimum atomic E-state index is -0.424. The van der Waals surface area contributed by atoms with Crippen LogP contribution in [0, 0.1) is 6.92 Å². The average molecular weight is 287 g/mol. The first-order chi connectivity index (χ1) is 9.97. The van der Waals surface area contributed by atoms with Crippen molar-refractivity contribution in [2.75, 3.05) is 6.54 Å². The van der Waals surface area contributed by atoms with Crippen molar-refractivity contribution >= 4 is 6.09 Å². The SMILES string of the molecule is CC(C)=CCC/C(C)=C/CNC(=O)Oc1ccc(C)cc1. The number of carbonyl (C=O) groups is 1. The lowest BCUT2D eigenvalue weighted by Crippen LogP contribution is -2.26. The van der Waals surface area contributed by atoms with Crippen LogP contribution in [0.25, 0.3) is 0 Å². The number of hydrogen-bond donors (Lipinski definition) is 1. The van der Waals surface area contributed by atoms with E-state index in [4.69, 9.17) is 4.74 Å². The number of allylic oxidation sites excluding steroid dienone is 3. The number of carbonyl (C=O) groups excluding carboxylic acids is 1. The zero-order valence-electron chi connectivity index (χ0n) is 13.4. The fourth-order valence-electron chi connectivity index (χ4n) is 1.75. The summed E-state index contributed by atoms with van der Waals surface area (Å²) in [5.41, 5.74) is 3.74. The molecule has 3 heteroatoms. The van der Waals surface area contributed by atoms with Gasteiger partial charge in [0.15, 0.2) is 0 Å². The van der Waals surface area contributed by atoms with E-state index in [0.29, 0.717) is 12.3 Å². The maximum Gasteiger partial charge on any atom is 0.412 e. The molecule has 0 aromatic heterocycles. The van der Waals surface area contributed by atoms with Crippen LogP contribution in [0.5, 0.6) is 5.75 Å². The molecule has 0 unspecified atom stereocenters. The van der Waals surface area contributed by atoms with Gasteiger partial charge < -0.3 is 10.1 Å². The molecular weight excluding hydrogens is 262 g/mol. The Morgan fingerprint density at radius 2 is 1.81 bits per heavy atom. The summed E-state index contributed by atoms with van der Waals surface area (Å²) in [5, 5.41) is 2.72. The van der Waals surface area contributed by atoms with Crippen molar-refractivity contribution in [1.82, 2.24) is 5.32 Å². The van der Waals surface area contributed by atoms with Gasteiger partial charge in [0.2, 0.25) is 0 Å². The highest BCUT2D eigenvalue weighted by Gasteiger charge is 2.02. The van der Waals surface area contributed by atoms with E-state index in [1.165, 1.54) is 11.1 Å². The van der Waals surface area contributed by atoms with Crippen molar-refractivity contribution < 1.29 is 9.53 Å². The van der Waals surface area contributed by atoms with Crippen molar-refractivity contribution in [2.45, 2.75) is 40.5 Å². The van der Waals surface area contributed by atoms with E-state index < -0.39 is 6.09 Å². The fraction of sp³-hybridized carbons (Fsp3) is 0.389. The molecule has 0 bridgehead atoms. The molecule has 0 saturated heterocycles. The Kier molecular flexibility index (Phi) is 7.30. The van der Waals surface area contributed by atoms with Crippen LogP contribution in [-0.4, -0.2) is 12.6 Å². The molecule has 3 nitrogen and oxygen atoms in total. The van der Waals surface area contributed by atoms with Crippen molar-refractivity contribution in [3.05, 3.63) is 53.1 Å². The third kappa shape index (κ3) is 7.98. The summed E-state index contributed by atoms with van der Waals surface area (Å²) >= 11 is 0. The molecule has 0 atom stereocenters. The van der Waals surface area contributed by atoms with E-state index in [-0.39, 0.29) is 0 Å². The Morgan fingerprint density at radius 3 is 2.43 bits per heavy atom. The first kappa shape index (κ1) is 17.0. The molecule has 0 radical (unpaired) electrons. The van der Waals surface area contributed by atoms with Crippen LogP contribution in [0.1, 0.15) is 39.2 Å². The summed E-state index contributed by atoms with van der Waals surface area (Å²) in [7, 11) is 0. The zero-order valence-corrected chi connectivity index (χ0v) is 13.4. The maximum absolute atomic E-state index is 11.6. The molecule has 0 fully saturated rings. The molecule has 1 amide bonds. The van der Waals surface area contributed by atoms with Crippen molar-refractivity contribution in [3.8, 4) is 5.75 Å². The molecule has 0 saturated carbocycles. The topological polar surface area (TPSA) is 38.3 Å². The van der Waals surface area contributed by atoms with E-state index in [1.807, 2.05) is 25.1 Å². The molecule has 1 rings (SSSR count). The second kappa shape index (κ2) is 9.01. The van der Waals surface area contributed by atoms with Crippen molar-refractivity contribution in [3.63, 3.8) is 0 Å². The van der Waals surface area contributed by atoms with Crippen LogP contribution < -0.4 is 10.1 Å². The zero-order chi connectivity index (χ0) is 15.7. The normalized spacial score (nSPS) is 11.0. The van der Waals surface area contributed by atoms with E-state index >= 15 is 0 Å². The number of aryl methyl sites for hydroxylation is 1. The van der Waals surface area contributed by atoms with Gasteiger partial charge >= 0.3 is 6.09 Å². The molecule has 0 heterocycles. The Balaban J connectivity index is 2.29. The highest BCUT2D eigenvalue weighted by Crippen LogP contribution is 2.11. The summed E-state index contributed by atoms with van der Waals surface area (Å²) in [5.74, 6) is 0.558. The lowest BCUT2D eigenvalue weighted by atomic mass is 10.1. The van der Waals surface area contributed by atoms with Gasteiger partial charge in [-0.1, -0.05) is 41.0 Å². The van der Waals surface area contributed by atoms with Crippen molar-refractivity contribution in [1.29, 1.82) is 0 Å². The van der Waals surface area contributed by atoms with E-state index in [1.54, 1.807) is 12.1 Å². The first-order valence-electron chi connectivity index (χ1n) is 7.28. The third-order valence-electron chi connectivity index (χ3n) is 3.02. The van der Waals surface area contributed by atoms with Gasteiger partial charge in [0.05, 0.1) is 0 Å². The Bertz CT molecular complexity index is 509. The van der Waals surface area contributed by atoms with Gasteiger partial charge in [-0.15, -0.1) is 0 Å². The number of benzene rings is 1. The highest BCUT2D eigenvalue weighted by molar-refractivity contribution is 5.70. The van der Waals surface area contributed by atoms with Crippen LogP contribution in [0.15, 0.2) is 47.6 Å². The first-order valence-corrected chi connectivity index (χ1v) is 7.28. The number of nitrogens with one attached hydrogen (secondary N) is 1.